The fourth-order valence-corrected chi connectivity index (χ4v) is 1.76. The van der Waals surface area contributed by atoms with Gasteiger partial charge in [0.05, 0.1) is 5.02 Å². The zero-order valence-corrected chi connectivity index (χ0v) is 10.4. The number of nitrogens with one attached hydrogen (secondary N) is 1. The molecule has 94 valence electrons. The minimum atomic E-state index is -0.634. The van der Waals surface area contributed by atoms with Crippen molar-refractivity contribution in [3.05, 3.63) is 35.0 Å². The quantitative estimate of drug-likeness (QED) is 0.659. The Labute approximate surface area is 108 Å². The largest absolute Gasteiger partial charge is 0.481 e. The molecule has 18 heavy (non-hydrogen) atoms. The molecule has 0 unspecified atom stereocenters. The highest BCUT2D eigenvalue weighted by molar-refractivity contribution is 6.35. The lowest BCUT2D eigenvalue weighted by atomic mass is 10.2. The average molecular weight is 267 g/mol. The van der Waals surface area contributed by atoms with Crippen molar-refractivity contribution in [1.29, 1.82) is 0 Å². The molecule has 2 N–H and O–H groups in total. The molecule has 6 heteroatoms. The van der Waals surface area contributed by atoms with Crippen molar-refractivity contribution in [2.75, 3.05) is 6.61 Å². The Kier molecular flexibility index (Phi) is 3.64. The molecule has 1 aromatic carbocycles. The summed E-state index contributed by atoms with van der Waals surface area (Å²) >= 11 is 6.06. The molecule has 0 saturated heterocycles. The molecule has 1 heterocycles. The Morgan fingerprint density at radius 1 is 1.44 bits per heavy atom. The van der Waals surface area contributed by atoms with Crippen molar-refractivity contribution >= 4 is 28.4 Å². The number of pyridine rings is 1. The number of halogens is 1. The highest BCUT2D eigenvalue weighted by atomic mass is 35.5. The van der Waals surface area contributed by atoms with Crippen LogP contribution < -0.4 is 10.2 Å². The van der Waals surface area contributed by atoms with Gasteiger partial charge in [0.1, 0.15) is 11.3 Å². The Hall–Kier alpha value is -1.85. The SMILES string of the molecule is Cc1ccc2c(Cl)ccc(OCC(=O)NO)c2n1. The number of hydrogen-bond acceptors (Lipinski definition) is 4. The van der Waals surface area contributed by atoms with E-state index in [4.69, 9.17) is 21.5 Å². The van der Waals surface area contributed by atoms with E-state index in [1.165, 1.54) is 5.48 Å². The summed E-state index contributed by atoms with van der Waals surface area (Å²) in [7, 11) is 0. The second-order valence-electron chi connectivity index (χ2n) is 3.72. The summed E-state index contributed by atoms with van der Waals surface area (Å²) in [5.74, 6) is -0.188. The van der Waals surface area contributed by atoms with Crippen molar-refractivity contribution in [3.8, 4) is 5.75 Å². The number of aromatic nitrogens is 1. The van der Waals surface area contributed by atoms with E-state index in [2.05, 4.69) is 4.98 Å². The van der Waals surface area contributed by atoms with Crippen molar-refractivity contribution in [2.24, 2.45) is 0 Å². The minimum absolute atomic E-state index is 0.289. The van der Waals surface area contributed by atoms with Crippen LogP contribution in [0.4, 0.5) is 0 Å². The molecular formula is C12H11ClN2O3. The monoisotopic (exact) mass is 266 g/mol. The summed E-state index contributed by atoms with van der Waals surface area (Å²) in [6.45, 7) is 1.56. The van der Waals surface area contributed by atoms with E-state index >= 15 is 0 Å². The third kappa shape index (κ3) is 2.52. The number of fused-ring (bicyclic) bond motifs is 1. The fourth-order valence-electron chi connectivity index (χ4n) is 1.55. The molecule has 0 aliphatic rings. The first kappa shape index (κ1) is 12.6. The van der Waals surface area contributed by atoms with Gasteiger partial charge in [0, 0.05) is 11.1 Å². The first-order chi connectivity index (χ1) is 8.61. The van der Waals surface area contributed by atoms with Gasteiger partial charge >= 0.3 is 0 Å². The van der Waals surface area contributed by atoms with Crippen LogP contribution in [0.1, 0.15) is 5.69 Å². The molecule has 0 radical (unpaired) electrons. The number of rotatable bonds is 3. The van der Waals surface area contributed by atoms with Crippen LogP contribution in [0.2, 0.25) is 5.02 Å². The number of nitrogens with zero attached hydrogens (tertiary/aromatic N) is 1. The van der Waals surface area contributed by atoms with E-state index in [1.807, 2.05) is 19.1 Å². The molecule has 1 aromatic heterocycles. The molecule has 0 atom stereocenters. The van der Waals surface area contributed by atoms with E-state index in [0.717, 1.165) is 11.1 Å². The molecule has 2 aromatic rings. The van der Waals surface area contributed by atoms with Crippen LogP contribution in [0.25, 0.3) is 10.9 Å². The summed E-state index contributed by atoms with van der Waals surface area (Å²) in [4.78, 5) is 15.3. The van der Waals surface area contributed by atoms with Gasteiger partial charge in [0.25, 0.3) is 5.91 Å². The maximum absolute atomic E-state index is 10.9. The standard InChI is InChI=1S/C12H11ClN2O3/c1-7-2-3-8-9(13)4-5-10(12(8)14-7)18-6-11(16)15-17/h2-5,17H,6H2,1H3,(H,15,16). The molecule has 0 fully saturated rings. The molecule has 0 aliphatic heterocycles. The van der Waals surface area contributed by atoms with Gasteiger partial charge in [-0.3, -0.25) is 10.0 Å². The number of hydroxylamine groups is 1. The van der Waals surface area contributed by atoms with E-state index in [9.17, 15) is 4.79 Å². The molecule has 5 nitrogen and oxygen atoms in total. The molecular weight excluding hydrogens is 256 g/mol. The Balaban J connectivity index is 2.41. The normalized spacial score (nSPS) is 10.4. The number of amides is 1. The van der Waals surface area contributed by atoms with Crippen LogP contribution >= 0.6 is 11.6 Å². The summed E-state index contributed by atoms with van der Waals surface area (Å²) < 4.78 is 5.29. The second kappa shape index (κ2) is 5.20. The Morgan fingerprint density at radius 3 is 2.94 bits per heavy atom. The number of carbonyl (C=O) groups is 1. The summed E-state index contributed by atoms with van der Waals surface area (Å²) in [6, 6.07) is 7.01. The third-order valence-corrected chi connectivity index (χ3v) is 2.72. The molecule has 0 saturated carbocycles. The van der Waals surface area contributed by atoms with Gasteiger partial charge < -0.3 is 4.74 Å². The van der Waals surface area contributed by atoms with Crippen molar-refractivity contribution in [1.82, 2.24) is 10.5 Å². The third-order valence-electron chi connectivity index (χ3n) is 2.39. The topological polar surface area (TPSA) is 71.5 Å². The molecule has 0 aliphatic carbocycles. The lowest BCUT2D eigenvalue weighted by Crippen LogP contribution is -2.25. The van der Waals surface area contributed by atoms with Crippen LogP contribution in [0.3, 0.4) is 0 Å². The number of benzene rings is 1. The zero-order valence-electron chi connectivity index (χ0n) is 9.61. The minimum Gasteiger partial charge on any atom is -0.481 e. The van der Waals surface area contributed by atoms with E-state index in [1.54, 1.807) is 12.1 Å². The van der Waals surface area contributed by atoms with Gasteiger partial charge in [-0.1, -0.05) is 11.6 Å². The number of ether oxygens (including phenoxy) is 1. The van der Waals surface area contributed by atoms with Gasteiger partial charge in [0.15, 0.2) is 6.61 Å². The first-order valence-electron chi connectivity index (χ1n) is 5.23. The van der Waals surface area contributed by atoms with Gasteiger partial charge in [-0.15, -0.1) is 0 Å². The van der Waals surface area contributed by atoms with Crippen LogP contribution in [0, 0.1) is 6.92 Å². The second-order valence-corrected chi connectivity index (χ2v) is 4.13. The summed E-state index contributed by atoms with van der Waals surface area (Å²) in [5.41, 5.74) is 2.91. The predicted octanol–water partition coefficient (Wildman–Crippen LogP) is 2.08. The predicted molar refractivity (Wildman–Crippen MR) is 66.9 cm³/mol. The lowest BCUT2D eigenvalue weighted by molar-refractivity contribution is -0.131. The Morgan fingerprint density at radius 2 is 2.22 bits per heavy atom. The number of carbonyl (C=O) groups excluding carboxylic acids is 1. The van der Waals surface area contributed by atoms with Crippen LogP contribution in [-0.2, 0) is 4.79 Å². The first-order valence-corrected chi connectivity index (χ1v) is 5.61. The number of aryl methyl sites for hydroxylation is 1. The van der Waals surface area contributed by atoms with Gasteiger partial charge in [-0.2, -0.15) is 0 Å². The average Bonchev–Trinajstić information content (AvgIpc) is 2.37. The molecule has 2 rings (SSSR count). The van der Waals surface area contributed by atoms with E-state index < -0.39 is 5.91 Å². The van der Waals surface area contributed by atoms with Gasteiger partial charge in [-0.25, -0.2) is 10.5 Å². The molecule has 0 spiro atoms. The molecule has 0 bridgehead atoms. The summed E-state index contributed by atoms with van der Waals surface area (Å²) in [5, 5.41) is 9.72. The maximum atomic E-state index is 10.9. The lowest BCUT2D eigenvalue weighted by Gasteiger charge is -2.09. The maximum Gasteiger partial charge on any atom is 0.281 e. The van der Waals surface area contributed by atoms with Crippen LogP contribution in [0.5, 0.6) is 5.75 Å². The number of hydrogen-bond donors (Lipinski definition) is 2. The van der Waals surface area contributed by atoms with Crippen molar-refractivity contribution in [2.45, 2.75) is 6.92 Å². The van der Waals surface area contributed by atoms with Gasteiger partial charge in [0.2, 0.25) is 0 Å². The van der Waals surface area contributed by atoms with Crippen LogP contribution in [0.15, 0.2) is 24.3 Å². The zero-order chi connectivity index (χ0) is 13.1. The van der Waals surface area contributed by atoms with Crippen LogP contribution in [-0.4, -0.2) is 22.7 Å². The fraction of sp³-hybridized carbons (Fsp3) is 0.167. The van der Waals surface area contributed by atoms with Crippen molar-refractivity contribution in [3.63, 3.8) is 0 Å². The Bertz CT molecular complexity index is 601. The van der Waals surface area contributed by atoms with Gasteiger partial charge in [-0.05, 0) is 31.2 Å². The summed E-state index contributed by atoms with van der Waals surface area (Å²) in [6.07, 6.45) is 0. The highest BCUT2D eigenvalue weighted by Crippen LogP contribution is 2.30. The van der Waals surface area contributed by atoms with E-state index in [0.29, 0.717) is 16.3 Å². The highest BCUT2D eigenvalue weighted by Gasteiger charge is 2.09. The smallest absolute Gasteiger partial charge is 0.281 e. The van der Waals surface area contributed by atoms with Crippen molar-refractivity contribution < 1.29 is 14.7 Å². The molecule has 1 amide bonds. The van der Waals surface area contributed by atoms with E-state index in [-0.39, 0.29) is 6.61 Å².